The average molecular weight is 467 g/mol. The quantitative estimate of drug-likeness (QED) is 0.442. The molecule has 2 aromatic carbocycles. The third kappa shape index (κ3) is 3.85. The van der Waals surface area contributed by atoms with Gasteiger partial charge in [-0.05, 0) is 48.6 Å². The molecule has 0 bridgehead atoms. The molecule has 4 aromatic rings. The Morgan fingerprint density at radius 1 is 1.13 bits per heavy atom. The molecule has 0 amide bonds. The minimum Gasteiger partial charge on any atom is -0.494 e. The van der Waals surface area contributed by atoms with Crippen LogP contribution in [0.5, 0.6) is 5.75 Å². The predicted octanol–water partition coefficient (Wildman–Crippen LogP) is 4.04. The van der Waals surface area contributed by atoms with Crippen LogP contribution >= 0.6 is 15.9 Å². The van der Waals surface area contributed by atoms with Crippen molar-refractivity contribution in [3.8, 4) is 5.75 Å². The van der Waals surface area contributed by atoms with Gasteiger partial charge in [-0.1, -0.05) is 34.1 Å². The van der Waals surface area contributed by atoms with Crippen molar-refractivity contribution in [2.45, 2.75) is 25.9 Å². The number of fused-ring (bicyclic) bond motifs is 3. The highest BCUT2D eigenvalue weighted by atomic mass is 79.9. The molecule has 8 heteroatoms. The Balaban J connectivity index is 1.48. The molecule has 2 aromatic heterocycles. The molecule has 1 saturated carbocycles. The van der Waals surface area contributed by atoms with Gasteiger partial charge in [0.25, 0.3) is 0 Å². The van der Waals surface area contributed by atoms with Crippen molar-refractivity contribution in [3.05, 3.63) is 58.3 Å². The van der Waals surface area contributed by atoms with E-state index < -0.39 is 0 Å². The molecule has 1 fully saturated rings. The minimum atomic E-state index is 0.308. The predicted molar refractivity (Wildman–Crippen MR) is 120 cm³/mol. The van der Waals surface area contributed by atoms with Crippen molar-refractivity contribution < 1.29 is 4.74 Å². The van der Waals surface area contributed by atoms with Crippen molar-refractivity contribution in [3.63, 3.8) is 0 Å². The third-order valence-corrected chi connectivity index (χ3v) is 5.98. The van der Waals surface area contributed by atoms with E-state index in [1.807, 2.05) is 18.2 Å². The van der Waals surface area contributed by atoms with E-state index in [0.29, 0.717) is 29.4 Å². The molecule has 5 rings (SSSR count). The topological polar surface area (TPSA) is 81.6 Å². The fraction of sp³-hybridized carbons (Fsp3) is 0.318. The van der Waals surface area contributed by atoms with Crippen LogP contribution in [0.15, 0.2) is 46.9 Å². The number of nitrogen functional groups attached to an aromatic ring is 1. The molecule has 0 atom stereocenters. The highest BCUT2D eigenvalue weighted by molar-refractivity contribution is 9.10. The lowest BCUT2D eigenvalue weighted by Gasteiger charge is -2.20. The Bertz CT molecular complexity index is 1200. The number of nitrogens with two attached hydrogens (primary N) is 1. The maximum absolute atomic E-state index is 6.19. The summed E-state index contributed by atoms with van der Waals surface area (Å²) in [5, 5.41) is 5.55. The van der Waals surface area contributed by atoms with Crippen molar-refractivity contribution in [2.75, 3.05) is 19.4 Å². The maximum Gasteiger partial charge on any atom is 0.223 e. The van der Waals surface area contributed by atoms with Gasteiger partial charge in [0.05, 0.1) is 13.7 Å². The van der Waals surface area contributed by atoms with E-state index in [1.165, 1.54) is 18.4 Å². The van der Waals surface area contributed by atoms with Gasteiger partial charge < -0.3 is 10.5 Å². The van der Waals surface area contributed by atoms with Crippen molar-refractivity contribution >= 4 is 38.4 Å². The molecule has 7 nitrogen and oxygen atoms in total. The van der Waals surface area contributed by atoms with Gasteiger partial charge >= 0.3 is 0 Å². The number of hydrogen-bond acceptors (Lipinski definition) is 6. The molecule has 0 saturated heterocycles. The van der Waals surface area contributed by atoms with Gasteiger partial charge in [0, 0.05) is 22.9 Å². The van der Waals surface area contributed by atoms with Crippen LogP contribution in [-0.4, -0.2) is 38.1 Å². The maximum atomic E-state index is 6.19. The van der Waals surface area contributed by atoms with Crippen LogP contribution in [0.25, 0.3) is 16.6 Å². The Hall–Kier alpha value is -2.71. The highest BCUT2D eigenvalue weighted by Gasteiger charge is 2.25. The zero-order valence-corrected chi connectivity index (χ0v) is 18.3. The molecular weight excluding hydrogens is 444 g/mol. The second-order valence-electron chi connectivity index (χ2n) is 7.83. The van der Waals surface area contributed by atoms with Crippen LogP contribution in [-0.2, 0) is 13.1 Å². The second-order valence-corrected chi connectivity index (χ2v) is 8.75. The van der Waals surface area contributed by atoms with Gasteiger partial charge in [-0.3, -0.25) is 4.90 Å². The van der Waals surface area contributed by atoms with Gasteiger partial charge in [-0.15, -0.1) is 5.10 Å². The summed E-state index contributed by atoms with van der Waals surface area (Å²) < 4.78 is 8.16. The Morgan fingerprint density at radius 2 is 1.93 bits per heavy atom. The zero-order valence-electron chi connectivity index (χ0n) is 16.8. The number of ether oxygens (including phenoxy) is 1. The van der Waals surface area contributed by atoms with Crippen LogP contribution in [0.2, 0.25) is 0 Å². The van der Waals surface area contributed by atoms with Crippen molar-refractivity contribution in [2.24, 2.45) is 5.92 Å². The second kappa shape index (κ2) is 7.85. The number of aromatic nitrogens is 4. The van der Waals surface area contributed by atoms with E-state index in [2.05, 4.69) is 55.2 Å². The molecule has 30 heavy (non-hydrogen) atoms. The number of anilines is 1. The van der Waals surface area contributed by atoms with E-state index in [9.17, 15) is 0 Å². The molecule has 0 radical (unpaired) electrons. The summed E-state index contributed by atoms with van der Waals surface area (Å²) in [7, 11) is 1.63. The fourth-order valence-corrected chi connectivity index (χ4v) is 4.06. The van der Waals surface area contributed by atoms with Gasteiger partial charge in [0.15, 0.2) is 11.5 Å². The first kappa shape index (κ1) is 19.3. The Labute approximate surface area is 183 Å². The first-order valence-electron chi connectivity index (χ1n) is 10.1. The summed E-state index contributed by atoms with van der Waals surface area (Å²) in [6.07, 6.45) is 2.60. The highest BCUT2D eigenvalue weighted by Crippen LogP contribution is 2.31. The summed E-state index contributed by atoms with van der Waals surface area (Å²) in [5.41, 5.74) is 8.88. The van der Waals surface area contributed by atoms with E-state index >= 15 is 0 Å². The number of rotatable bonds is 7. The molecule has 154 valence electrons. The average Bonchev–Trinajstić information content (AvgIpc) is 3.45. The summed E-state index contributed by atoms with van der Waals surface area (Å²) in [6.45, 7) is 2.58. The summed E-state index contributed by atoms with van der Waals surface area (Å²) in [4.78, 5) is 11.7. The van der Waals surface area contributed by atoms with Crippen LogP contribution in [0.3, 0.4) is 0 Å². The molecular formula is C22H23BrN6O. The van der Waals surface area contributed by atoms with Gasteiger partial charge in [-0.25, -0.2) is 9.97 Å². The van der Waals surface area contributed by atoms with Crippen LogP contribution < -0.4 is 10.5 Å². The number of nitrogens with zero attached hydrogens (tertiary/aromatic N) is 5. The van der Waals surface area contributed by atoms with Crippen LogP contribution in [0, 0.1) is 5.92 Å². The summed E-state index contributed by atoms with van der Waals surface area (Å²) >= 11 is 3.51. The molecule has 0 spiro atoms. The summed E-state index contributed by atoms with van der Waals surface area (Å²) in [5.74, 6) is 2.50. The first-order valence-corrected chi connectivity index (χ1v) is 10.8. The molecule has 2 heterocycles. The Morgan fingerprint density at radius 3 is 2.67 bits per heavy atom. The first-order chi connectivity index (χ1) is 14.6. The van der Waals surface area contributed by atoms with Crippen molar-refractivity contribution in [1.29, 1.82) is 0 Å². The van der Waals surface area contributed by atoms with Gasteiger partial charge in [0.1, 0.15) is 11.3 Å². The smallest absolute Gasteiger partial charge is 0.223 e. The number of benzene rings is 2. The number of halogens is 1. The van der Waals surface area contributed by atoms with E-state index in [1.54, 1.807) is 11.6 Å². The van der Waals surface area contributed by atoms with Crippen LogP contribution in [0.4, 0.5) is 5.95 Å². The fourth-order valence-electron chi connectivity index (χ4n) is 3.80. The largest absolute Gasteiger partial charge is 0.494 e. The van der Waals surface area contributed by atoms with Crippen LogP contribution in [0.1, 0.15) is 24.2 Å². The molecule has 1 aliphatic carbocycles. The van der Waals surface area contributed by atoms with Gasteiger partial charge in [0.2, 0.25) is 5.95 Å². The number of methoxy groups -OCH3 is 1. The van der Waals surface area contributed by atoms with E-state index in [4.69, 9.17) is 15.5 Å². The van der Waals surface area contributed by atoms with E-state index in [-0.39, 0.29) is 0 Å². The molecule has 0 unspecified atom stereocenters. The zero-order chi connectivity index (χ0) is 20.7. The summed E-state index contributed by atoms with van der Waals surface area (Å²) in [6, 6.07) is 14.3. The lowest BCUT2D eigenvalue weighted by molar-refractivity contribution is 0.240. The molecule has 2 N–H and O–H groups in total. The number of hydrogen-bond donors (Lipinski definition) is 1. The molecule has 0 aliphatic heterocycles. The Kier molecular flexibility index (Phi) is 5.04. The third-order valence-electron chi connectivity index (χ3n) is 5.45. The monoisotopic (exact) mass is 466 g/mol. The molecule has 1 aliphatic rings. The normalized spacial score (nSPS) is 14.1. The standard InChI is InChI=1S/C22H23BrN6O/c1-30-18-4-2-3-17-20(18)26-22(24)29-21(17)25-19(27-29)13-28(11-14-5-6-14)12-15-7-9-16(23)10-8-15/h2-4,7-10,14H,5-6,11-13H2,1H3,(H2,24,26). The minimum absolute atomic E-state index is 0.308. The van der Waals surface area contributed by atoms with E-state index in [0.717, 1.165) is 34.7 Å². The van der Waals surface area contributed by atoms with Gasteiger partial charge in [-0.2, -0.15) is 4.52 Å². The lowest BCUT2D eigenvalue weighted by Crippen LogP contribution is -2.25. The van der Waals surface area contributed by atoms with Crippen molar-refractivity contribution in [1.82, 2.24) is 24.5 Å². The SMILES string of the molecule is COc1cccc2c1nc(N)n1nc(CN(Cc3ccc(Br)cc3)CC3CC3)nc21. The lowest BCUT2D eigenvalue weighted by atomic mass is 10.2. The number of para-hydroxylation sites is 1.